The lowest BCUT2D eigenvalue weighted by Crippen LogP contribution is -2.24. The van der Waals surface area contributed by atoms with E-state index < -0.39 is 16.4 Å². The van der Waals surface area contributed by atoms with Gasteiger partial charge in [-0.25, -0.2) is 0 Å². The number of esters is 1. The molecule has 108 valence electrons. The minimum Gasteiger partial charge on any atom is -0.469 e. The van der Waals surface area contributed by atoms with E-state index in [0.717, 1.165) is 6.07 Å². The van der Waals surface area contributed by atoms with Crippen LogP contribution in [0.15, 0.2) is 18.2 Å². The molecule has 1 aromatic carbocycles. The van der Waals surface area contributed by atoms with Crippen molar-refractivity contribution < 1.29 is 18.8 Å². The van der Waals surface area contributed by atoms with Gasteiger partial charge in [0, 0.05) is 24.7 Å². The number of hydrogen-bond acceptors (Lipinski definition) is 5. The van der Waals surface area contributed by atoms with Crippen LogP contribution in [-0.4, -0.2) is 36.0 Å². The van der Waals surface area contributed by atoms with Gasteiger partial charge in [0.25, 0.3) is 0 Å². The molecule has 0 spiro atoms. The number of likely N-dealkylation sites (tertiary alicyclic amines) is 1. The van der Waals surface area contributed by atoms with Gasteiger partial charge in [0.2, 0.25) is 5.82 Å². The highest BCUT2D eigenvalue weighted by Crippen LogP contribution is 2.24. The van der Waals surface area contributed by atoms with E-state index in [1.54, 1.807) is 0 Å². The molecule has 1 unspecified atom stereocenters. The number of halogens is 1. The highest BCUT2D eigenvalue weighted by molar-refractivity contribution is 5.72. The Hall–Kier alpha value is -2.02. The fourth-order valence-corrected chi connectivity index (χ4v) is 2.41. The molecule has 0 radical (unpaired) electrons. The van der Waals surface area contributed by atoms with E-state index >= 15 is 0 Å². The second-order valence-corrected chi connectivity index (χ2v) is 4.75. The van der Waals surface area contributed by atoms with Crippen molar-refractivity contribution in [1.82, 2.24) is 4.90 Å². The van der Waals surface area contributed by atoms with Crippen molar-refractivity contribution in [2.75, 3.05) is 20.2 Å². The Morgan fingerprint density at radius 3 is 3.00 bits per heavy atom. The second kappa shape index (κ2) is 5.96. The number of carbonyl (C=O) groups excluding carboxylic acids is 1. The molecule has 1 aliphatic heterocycles. The SMILES string of the molecule is COC(=O)C1CCN(Cc2cccc([N+](=O)[O-])c2F)C1. The van der Waals surface area contributed by atoms with Gasteiger partial charge in [-0.1, -0.05) is 12.1 Å². The number of nitro groups is 1. The minimum atomic E-state index is -0.806. The quantitative estimate of drug-likeness (QED) is 0.477. The van der Waals surface area contributed by atoms with Crippen LogP contribution in [0.4, 0.5) is 10.1 Å². The molecule has 1 saturated heterocycles. The number of ether oxygens (including phenoxy) is 1. The fraction of sp³-hybridized carbons (Fsp3) is 0.462. The van der Waals surface area contributed by atoms with Crippen molar-refractivity contribution in [3.8, 4) is 0 Å². The summed E-state index contributed by atoms with van der Waals surface area (Å²) in [4.78, 5) is 23.2. The zero-order valence-electron chi connectivity index (χ0n) is 11.0. The highest BCUT2D eigenvalue weighted by atomic mass is 19.1. The maximum Gasteiger partial charge on any atom is 0.310 e. The monoisotopic (exact) mass is 282 g/mol. The van der Waals surface area contributed by atoms with Gasteiger partial charge in [0.15, 0.2) is 0 Å². The van der Waals surface area contributed by atoms with E-state index in [9.17, 15) is 19.3 Å². The topological polar surface area (TPSA) is 72.7 Å². The summed E-state index contributed by atoms with van der Waals surface area (Å²) >= 11 is 0. The van der Waals surface area contributed by atoms with Crippen LogP contribution < -0.4 is 0 Å². The lowest BCUT2D eigenvalue weighted by atomic mass is 10.1. The summed E-state index contributed by atoms with van der Waals surface area (Å²) in [5.74, 6) is -1.28. The van der Waals surface area contributed by atoms with E-state index in [1.165, 1.54) is 19.2 Å². The van der Waals surface area contributed by atoms with E-state index in [2.05, 4.69) is 4.74 Å². The molecular weight excluding hydrogens is 267 g/mol. The average molecular weight is 282 g/mol. The Morgan fingerprint density at radius 1 is 1.60 bits per heavy atom. The first kappa shape index (κ1) is 14.4. The van der Waals surface area contributed by atoms with Crippen LogP contribution in [-0.2, 0) is 16.1 Å². The lowest BCUT2D eigenvalue weighted by molar-refractivity contribution is -0.387. The number of carbonyl (C=O) groups is 1. The molecule has 1 atom stereocenters. The number of nitro benzene ring substituents is 1. The Kier molecular flexibility index (Phi) is 4.29. The third-order valence-electron chi connectivity index (χ3n) is 3.46. The molecule has 1 aromatic rings. The van der Waals surface area contributed by atoms with Gasteiger partial charge in [0.1, 0.15) is 0 Å². The van der Waals surface area contributed by atoms with Crippen LogP contribution in [0.1, 0.15) is 12.0 Å². The molecule has 0 bridgehead atoms. The summed E-state index contributed by atoms with van der Waals surface area (Å²) in [7, 11) is 1.34. The summed E-state index contributed by atoms with van der Waals surface area (Å²) in [5.41, 5.74) is -0.254. The molecule has 0 saturated carbocycles. The molecule has 0 aliphatic carbocycles. The predicted octanol–water partition coefficient (Wildman–Crippen LogP) is 1.73. The maximum absolute atomic E-state index is 13.9. The van der Waals surface area contributed by atoms with Gasteiger partial charge in [-0.15, -0.1) is 0 Å². The summed E-state index contributed by atoms with van der Waals surface area (Å²) in [5, 5.41) is 10.7. The average Bonchev–Trinajstić information content (AvgIpc) is 2.88. The molecule has 20 heavy (non-hydrogen) atoms. The van der Waals surface area contributed by atoms with Crippen LogP contribution in [0.25, 0.3) is 0 Å². The zero-order chi connectivity index (χ0) is 14.7. The molecular formula is C13H15FN2O4. The van der Waals surface area contributed by atoms with Crippen LogP contribution >= 0.6 is 0 Å². The lowest BCUT2D eigenvalue weighted by Gasteiger charge is -2.15. The van der Waals surface area contributed by atoms with Crippen LogP contribution in [0.5, 0.6) is 0 Å². The Labute approximate surface area is 115 Å². The Bertz CT molecular complexity index is 535. The molecule has 0 aromatic heterocycles. The number of nitrogens with zero attached hydrogens (tertiary/aromatic N) is 2. The molecule has 2 rings (SSSR count). The standard InChI is InChI=1S/C13H15FN2O4/c1-20-13(17)10-5-6-15(8-10)7-9-3-2-4-11(12(9)14)16(18)19/h2-4,10H,5-8H2,1H3. The van der Waals surface area contributed by atoms with Crippen molar-refractivity contribution in [3.63, 3.8) is 0 Å². The van der Waals surface area contributed by atoms with Crippen molar-refractivity contribution in [2.45, 2.75) is 13.0 Å². The first-order valence-corrected chi connectivity index (χ1v) is 6.25. The van der Waals surface area contributed by atoms with Crippen molar-refractivity contribution >= 4 is 11.7 Å². The number of hydrogen-bond donors (Lipinski definition) is 0. The first-order valence-electron chi connectivity index (χ1n) is 6.25. The molecule has 6 nitrogen and oxygen atoms in total. The summed E-state index contributed by atoms with van der Waals surface area (Å²) < 4.78 is 18.6. The van der Waals surface area contributed by atoms with Crippen LogP contribution in [0.3, 0.4) is 0 Å². The number of methoxy groups -OCH3 is 1. The maximum atomic E-state index is 13.9. The third-order valence-corrected chi connectivity index (χ3v) is 3.46. The van der Waals surface area contributed by atoms with Crippen molar-refractivity contribution in [2.24, 2.45) is 5.92 Å². The summed E-state index contributed by atoms with van der Waals surface area (Å²) in [6.07, 6.45) is 0.656. The predicted molar refractivity (Wildman–Crippen MR) is 68.5 cm³/mol. The largest absolute Gasteiger partial charge is 0.469 e. The first-order chi connectivity index (χ1) is 9.52. The van der Waals surface area contributed by atoms with Crippen molar-refractivity contribution in [1.29, 1.82) is 0 Å². The zero-order valence-corrected chi connectivity index (χ0v) is 11.0. The second-order valence-electron chi connectivity index (χ2n) is 4.75. The highest BCUT2D eigenvalue weighted by Gasteiger charge is 2.30. The van der Waals surface area contributed by atoms with Gasteiger partial charge in [-0.3, -0.25) is 19.8 Å². The number of benzene rings is 1. The molecule has 0 amide bonds. The van der Waals surface area contributed by atoms with E-state index in [4.69, 9.17) is 0 Å². The Morgan fingerprint density at radius 2 is 2.35 bits per heavy atom. The third kappa shape index (κ3) is 2.93. The molecule has 7 heteroatoms. The molecule has 0 N–H and O–H groups in total. The van der Waals surface area contributed by atoms with E-state index in [0.29, 0.717) is 19.5 Å². The van der Waals surface area contributed by atoms with Gasteiger partial charge in [-0.2, -0.15) is 4.39 Å². The van der Waals surface area contributed by atoms with Crippen molar-refractivity contribution in [3.05, 3.63) is 39.7 Å². The van der Waals surface area contributed by atoms with Crippen LogP contribution in [0, 0.1) is 21.8 Å². The fourth-order valence-electron chi connectivity index (χ4n) is 2.41. The summed E-state index contributed by atoms with van der Waals surface area (Å²) in [6.45, 7) is 1.37. The molecule has 1 aliphatic rings. The molecule has 1 heterocycles. The smallest absolute Gasteiger partial charge is 0.310 e. The minimum absolute atomic E-state index is 0.207. The van der Waals surface area contributed by atoms with Gasteiger partial charge < -0.3 is 4.74 Å². The number of rotatable bonds is 4. The van der Waals surface area contributed by atoms with Gasteiger partial charge in [0.05, 0.1) is 18.0 Å². The van der Waals surface area contributed by atoms with Gasteiger partial charge >= 0.3 is 11.7 Å². The summed E-state index contributed by atoms with van der Waals surface area (Å²) in [6, 6.07) is 4.12. The normalized spacial score (nSPS) is 19.0. The van der Waals surface area contributed by atoms with Crippen LogP contribution in [0.2, 0.25) is 0 Å². The Balaban J connectivity index is 2.07. The molecule has 1 fully saturated rings. The van der Waals surface area contributed by atoms with Gasteiger partial charge in [-0.05, 0) is 13.0 Å². The van der Waals surface area contributed by atoms with E-state index in [-0.39, 0.29) is 24.0 Å². The van der Waals surface area contributed by atoms with E-state index in [1.807, 2.05) is 4.90 Å².